The lowest BCUT2D eigenvalue weighted by Crippen LogP contribution is -2.30. The molecule has 0 saturated heterocycles. The molecular weight excluding hydrogens is 437 g/mol. The van der Waals surface area contributed by atoms with Crippen LogP contribution in [0.1, 0.15) is 0 Å². The molecule has 1 aromatic rings. The fourth-order valence-electron chi connectivity index (χ4n) is 0.784. The summed E-state index contributed by atoms with van der Waals surface area (Å²) < 4.78 is 37.2. The number of amides is 1. The van der Waals surface area contributed by atoms with Crippen molar-refractivity contribution in [3.63, 3.8) is 0 Å². The SMILES string of the molecule is O=C(Nc1ccc(I)cc1I)C(F)(F)F. The van der Waals surface area contributed by atoms with E-state index in [9.17, 15) is 18.0 Å². The van der Waals surface area contributed by atoms with Gasteiger partial charge in [-0.1, -0.05) is 0 Å². The predicted molar refractivity (Wildman–Crippen MR) is 66.6 cm³/mol. The molecule has 0 aliphatic heterocycles. The number of anilines is 1. The van der Waals surface area contributed by atoms with E-state index in [1.807, 2.05) is 45.2 Å². The highest BCUT2D eigenvalue weighted by Crippen LogP contribution is 2.23. The number of alkyl halides is 3. The lowest BCUT2D eigenvalue weighted by Gasteiger charge is -2.09. The van der Waals surface area contributed by atoms with Crippen LogP contribution in [-0.2, 0) is 4.79 Å². The maximum absolute atomic E-state index is 11.9. The second kappa shape index (κ2) is 4.85. The van der Waals surface area contributed by atoms with E-state index in [0.29, 0.717) is 3.57 Å². The third kappa shape index (κ3) is 3.78. The molecule has 1 rings (SSSR count). The first-order valence-corrected chi connectivity index (χ1v) is 5.79. The van der Waals surface area contributed by atoms with Crippen LogP contribution in [-0.4, -0.2) is 12.1 Å². The van der Waals surface area contributed by atoms with Crippen LogP contribution < -0.4 is 5.32 Å². The van der Waals surface area contributed by atoms with Crippen LogP contribution >= 0.6 is 45.2 Å². The van der Waals surface area contributed by atoms with Gasteiger partial charge in [-0.25, -0.2) is 0 Å². The topological polar surface area (TPSA) is 29.1 Å². The van der Waals surface area contributed by atoms with Crippen molar-refractivity contribution in [3.8, 4) is 0 Å². The Morgan fingerprint density at radius 3 is 2.33 bits per heavy atom. The Bertz CT molecular complexity index is 392. The molecule has 0 aromatic heterocycles. The molecule has 0 bridgehead atoms. The Kier molecular flexibility index (Phi) is 4.20. The zero-order valence-corrected chi connectivity index (χ0v) is 11.3. The summed E-state index contributed by atoms with van der Waals surface area (Å²) in [6, 6.07) is 4.73. The van der Waals surface area contributed by atoms with Crippen molar-refractivity contribution in [2.45, 2.75) is 6.18 Å². The highest BCUT2D eigenvalue weighted by molar-refractivity contribution is 14.1. The summed E-state index contributed by atoms with van der Waals surface area (Å²) in [5.74, 6) is -1.96. The van der Waals surface area contributed by atoms with Gasteiger partial charge < -0.3 is 5.32 Å². The van der Waals surface area contributed by atoms with Crippen molar-refractivity contribution in [2.75, 3.05) is 5.32 Å². The molecule has 1 N–H and O–H groups in total. The van der Waals surface area contributed by atoms with Gasteiger partial charge in [-0.3, -0.25) is 4.79 Å². The average Bonchev–Trinajstić information content (AvgIpc) is 2.08. The Balaban J connectivity index is 2.87. The summed E-state index contributed by atoms with van der Waals surface area (Å²) in [5, 5.41) is 1.80. The molecule has 15 heavy (non-hydrogen) atoms. The van der Waals surface area contributed by atoms with Gasteiger partial charge in [-0.2, -0.15) is 13.2 Å². The van der Waals surface area contributed by atoms with Crippen LogP contribution in [0.15, 0.2) is 18.2 Å². The molecule has 0 aliphatic rings. The average molecular weight is 441 g/mol. The largest absolute Gasteiger partial charge is 0.471 e. The summed E-state index contributed by atoms with van der Waals surface area (Å²) in [5.41, 5.74) is 0.165. The van der Waals surface area contributed by atoms with Crippen molar-refractivity contribution < 1.29 is 18.0 Å². The van der Waals surface area contributed by atoms with Crippen LogP contribution in [0.5, 0.6) is 0 Å². The van der Waals surface area contributed by atoms with Crippen molar-refractivity contribution in [3.05, 3.63) is 25.3 Å². The molecule has 0 fully saturated rings. The summed E-state index contributed by atoms with van der Waals surface area (Å²) in [6.07, 6.45) is -4.86. The summed E-state index contributed by atoms with van der Waals surface area (Å²) in [4.78, 5) is 10.6. The van der Waals surface area contributed by atoms with Gasteiger partial charge in [0.05, 0.1) is 5.69 Å². The Morgan fingerprint density at radius 2 is 1.87 bits per heavy atom. The first kappa shape index (κ1) is 13.0. The first-order chi connectivity index (χ1) is 6.80. The van der Waals surface area contributed by atoms with Crippen molar-refractivity contribution in [2.24, 2.45) is 0 Å². The van der Waals surface area contributed by atoms with Crippen LogP contribution in [0.4, 0.5) is 18.9 Å². The Labute approximate surface area is 111 Å². The first-order valence-electron chi connectivity index (χ1n) is 3.64. The van der Waals surface area contributed by atoms with Gasteiger partial charge in [-0.05, 0) is 63.4 Å². The smallest absolute Gasteiger partial charge is 0.317 e. The van der Waals surface area contributed by atoms with Crippen LogP contribution in [0, 0.1) is 7.14 Å². The van der Waals surface area contributed by atoms with Gasteiger partial charge in [0.25, 0.3) is 0 Å². The van der Waals surface area contributed by atoms with Gasteiger partial charge >= 0.3 is 12.1 Å². The van der Waals surface area contributed by atoms with Crippen LogP contribution in [0.25, 0.3) is 0 Å². The minimum Gasteiger partial charge on any atom is -0.317 e. The third-order valence-corrected chi connectivity index (χ3v) is 3.00. The quantitative estimate of drug-likeness (QED) is 0.666. The van der Waals surface area contributed by atoms with Gasteiger partial charge in [0.15, 0.2) is 0 Å². The summed E-state index contributed by atoms with van der Waals surface area (Å²) >= 11 is 3.89. The third-order valence-electron chi connectivity index (χ3n) is 1.44. The number of benzene rings is 1. The number of nitrogens with one attached hydrogen (secondary N) is 1. The minimum absolute atomic E-state index is 0.165. The molecule has 0 atom stereocenters. The predicted octanol–water partition coefficient (Wildman–Crippen LogP) is 3.40. The van der Waals surface area contributed by atoms with Gasteiger partial charge in [-0.15, -0.1) is 0 Å². The highest BCUT2D eigenvalue weighted by atomic mass is 127. The van der Waals surface area contributed by atoms with Crippen molar-refractivity contribution in [1.82, 2.24) is 0 Å². The van der Waals surface area contributed by atoms with Gasteiger partial charge in [0.2, 0.25) is 0 Å². The van der Waals surface area contributed by atoms with E-state index in [2.05, 4.69) is 0 Å². The van der Waals surface area contributed by atoms with E-state index in [1.165, 1.54) is 6.07 Å². The maximum atomic E-state index is 11.9. The maximum Gasteiger partial charge on any atom is 0.471 e. The number of halogens is 5. The molecule has 1 aromatic carbocycles. The second-order valence-electron chi connectivity index (χ2n) is 2.58. The van der Waals surface area contributed by atoms with Crippen LogP contribution in [0.3, 0.4) is 0 Å². The molecule has 2 nitrogen and oxygen atoms in total. The highest BCUT2D eigenvalue weighted by Gasteiger charge is 2.38. The molecule has 0 heterocycles. The zero-order chi connectivity index (χ0) is 11.6. The molecule has 0 spiro atoms. The molecule has 0 radical (unpaired) electrons. The fraction of sp³-hybridized carbons (Fsp3) is 0.125. The molecule has 0 unspecified atom stereocenters. The van der Waals surface area contributed by atoms with Gasteiger partial charge in [0, 0.05) is 7.14 Å². The molecule has 0 saturated carbocycles. The van der Waals surface area contributed by atoms with E-state index < -0.39 is 12.1 Å². The molecular formula is C8H4F3I2NO. The van der Waals surface area contributed by atoms with Gasteiger partial charge in [0.1, 0.15) is 0 Å². The Morgan fingerprint density at radius 1 is 1.27 bits per heavy atom. The standard InChI is InChI=1S/C8H4F3I2NO/c9-8(10,11)7(15)14-6-2-1-4(12)3-5(6)13/h1-3H,(H,14,15). The number of hydrogen-bond acceptors (Lipinski definition) is 1. The van der Waals surface area contributed by atoms with Crippen molar-refractivity contribution >= 4 is 56.8 Å². The number of carbonyl (C=O) groups is 1. The molecule has 1 amide bonds. The zero-order valence-electron chi connectivity index (χ0n) is 7.03. The molecule has 7 heteroatoms. The lowest BCUT2D eigenvalue weighted by molar-refractivity contribution is -0.167. The van der Waals surface area contributed by atoms with E-state index in [0.717, 1.165) is 3.57 Å². The van der Waals surface area contributed by atoms with E-state index in [4.69, 9.17) is 0 Å². The lowest BCUT2D eigenvalue weighted by atomic mass is 10.3. The summed E-state index contributed by atoms with van der Waals surface area (Å²) in [7, 11) is 0. The second-order valence-corrected chi connectivity index (χ2v) is 4.98. The number of hydrogen-bond donors (Lipinski definition) is 1. The number of rotatable bonds is 1. The van der Waals surface area contributed by atoms with Crippen LogP contribution in [0.2, 0.25) is 0 Å². The summed E-state index contributed by atoms with van der Waals surface area (Å²) in [6.45, 7) is 0. The number of carbonyl (C=O) groups excluding carboxylic acids is 1. The normalized spacial score (nSPS) is 11.3. The molecule has 82 valence electrons. The van der Waals surface area contributed by atoms with Crippen molar-refractivity contribution in [1.29, 1.82) is 0 Å². The molecule has 0 aliphatic carbocycles. The minimum atomic E-state index is -4.86. The van der Waals surface area contributed by atoms with E-state index >= 15 is 0 Å². The van der Waals surface area contributed by atoms with E-state index in [-0.39, 0.29) is 5.69 Å². The fourth-order valence-corrected chi connectivity index (χ4v) is 2.52. The monoisotopic (exact) mass is 441 g/mol. The Hall–Kier alpha value is -0.0600. The van der Waals surface area contributed by atoms with E-state index in [1.54, 1.807) is 17.4 Å².